The number of rotatable bonds is 18. The molecule has 2 unspecified atom stereocenters. The van der Waals surface area contributed by atoms with Gasteiger partial charge in [-0.1, -0.05) is 64.7 Å². The number of ether oxygens (including phenoxy) is 1. The third-order valence-electron chi connectivity index (χ3n) is 5.10. The van der Waals surface area contributed by atoms with Crippen LogP contribution in [0.4, 0.5) is 0 Å². The van der Waals surface area contributed by atoms with Gasteiger partial charge in [0.2, 0.25) is 0 Å². The molecule has 1 aromatic rings. The molecule has 0 amide bonds. The number of carboxylic acids is 1. The number of hydrogen-bond donors (Lipinski definition) is 2. The summed E-state index contributed by atoms with van der Waals surface area (Å²) in [6.07, 6.45) is 14.6. The van der Waals surface area contributed by atoms with Gasteiger partial charge in [0.1, 0.15) is 5.82 Å². The van der Waals surface area contributed by atoms with Crippen molar-refractivity contribution in [3.05, 3.63) is 18.2 Å². The standard InChI is InChI=1S/C22H38N2O5S/c1-3-4-5-6-7-8-9-10-11-12-15-24-16-14-23-21(24)20(19(27)22(28)29-2)30-17-13-18(25)26/h14,16,19-20,27H,3-13,15,17H2,1-2H3,(H,25,26). The van der Waals surface area contributed by atoms with Gasteiger partial charge < -0.3 is 19.5 Å². The van der Waals surface area contributed by atoms with Gasteiger partial charge in [0, 0.05) is 24.7 Å². The summed E-state index contributed by atoms with van der Waals surface area (Å²) in [5.74, 6) is -0.794. The molecule has 8 heteroatoms. The number of aryl methyl sites for hydroxylation is 1. The zero-order valence-electron chi connectivity index (χ0n) is 18.4. The summed E-state index contributed by atoms with van der Waals surface area (Å²) in [5.41, 5.74) is 0. The van der Waals surface area contributed by atoms with E-state index in [1.54, 1.807) is 6.20 Å². The number of carbonyl (C=O) groups excluding carboxylic acids is 1. The normalized spacial score (nSPS) is 13.2. The lowest BCUT2D eigenvalue weighted by molar-refractivity contribution is -0.150. The number of aliphatic hydroxyl groups excluding tert-OH is 1. The fourth-order valence-corrected chi connectivity index (χ4v) is 4.55. The van der Waals surface area contributed by atoms with E-state index in [1.807, 2.05) is 10.8 Å². The van der Waals surface area contributed by atoms with Crippen LogP contribution in [-0.2, 0) is 20.9 Å². The first-order valence-corrected chi connectivity index (χ1v) is 12.2. The molecule has 2 atom stereocenters. The molecule has 2 N–H and O–H groups in total. The molecule has 1 heterocycles. The molecule has 1 aromatic heterocycles. The molecule has 0 aromatic carbocycles. The minimum Gasteiger partial charge on any atom is -0.481 e. The third-order valence-corrected chi connectivity index (χ3v) is 6.37. The number of carboxylic acid groups (broad SMARTS) is 1. The van der Waals surface area contributed by atoms with E-state index in [0.717, 1.165) is 19.4 Å². The van der Waals surface area contributed by atoms with Gasteiger partial charge in [0.25, 0.3) is 0 Å². The summed E-state index contributed by atoms with van der Waals surface area (Å²) in [6.45, 7) is 2.99. The predicted octanol–water partition coefficient (Wildman–Crippen LogP) is 4.59. The van der Waals surface area contributed by atoms with Crippen molar-refractivity contribution in [1.82, 2.24) is 9.55 Å². The van der Waals surface area contributed by atoms with Crippen molar-refractivity contribution in [2.75, 3.05) is 12.9 Å². The monoisotopic (exact) mass is 442 g/mol. The van der Waals surface area contributed by atoms with Crippen LogP contribution in [0.5, 0.6) is 0 Å². The molecule has 0 saturated heterocycles. The first-order valence-electron chi connectivity index (χ1n) is 11.1. The van der Waals surface area contributed by atoms with Gasteiger partial charge in [-0.2, -0.15) is 0 Å². The highest BCUT2D eigenvalue weighted by Gasteiger charge is 2.32. The summed E-state index contributed by atoms with van der Waals surface area (Å²) in [4.78, 5) is 27.0. The number of imidazole rings is 1. The SMILES string of the molecule is CCCCCCCCCCCCn1ccnc1C(SCCC(=O)O)C(O)C(=O)OC. The molecule has 7 nitrogen and oxygen atoms in total. The molecule has 172 valence electrons. The van der Waals surface area contributed by atoms with Crippen molar-refractivity contribution in [2.24, 2.45) is 0 Å². The number of hydrogen-bond acceptors (Lipinski definition) is 6. The van der Waals surface area contributed by atoms with Crippen molar-refractivity contribution < 1.29 is 24.5 Å². The Hall–Kier alpha value is -1.54. The Morgan fingerprint density at radius 3 is 2.27 bits per heavy atom. The van der Waals surface area contributed by atoms with Gasteiger partial charge in [-0.15, -0.1) is 11.8 Å². The Bertz CT molecular complexity index is 608. The number of aliphatic carboxylic acids is 1. The minimum atomic E-state index is -1.39. The lowest BCUT2D eigenvalue weighted by Crippen LogP contribution is -2.29. The van der Waals surface area contributed by atoms with Gasteiger partial charge in [0.15, 0.2) is 6.10 Å². The average Bonchev–Trinajstić information content (AvgIpc) is 3.19. The maximum Gasteiger partial charge on any atom is 0.336 e. The third kappa shape index (κ3) is 10.5. The fraction of sp³-hybridized carbons (Fsp3) is 0.773. The Labute approximate surface area is 184 Å². The first-order chi connectivity index (χ1) is 14.5. The lowest BCUT2D eigenvalue weighted by atomic mass is 10.1. The molecule has 0 fully saturated rings. The van der Waals surface area contributed by atoms with E-state index in [9.17, 15) is 14.7 Å². The van der Waals surface area contributed by atoms with E-state index < -0.39 is 23.3 Å². The number of aromatic nitrogens is 2. The molecule has 0 aliphatic heterocycles. The van der Waals surface area contributed by atoms with Gasteiger partial charge in [-0.3, -0.25) is 4.79 Å². The zero-order valence-corrected chi connectivity index (χ0v) is 19.2. The molecule has 0 saturated carbocycles. The van der Waals surface area contributed by atoms with Crippen molar-refractivity contribution in [3.63, 3.8) is 0 Å². The van der Waals surface area contributed by atoms with Gasteiger partial charge in [-0.05, 0) is 6.42 Å². The van der Waals surface area contributed by atoms with Crippen LogP contribution >= 0.6 is 11.8 Å². The molecular weight excluding hydrogens is 404 g/mol. The maximum absolute atomic E-state index is 11.9. The number of aliphatic hydroxyl groups is 1. The van der Waals surface area contributed by atoms with Crippen LogP contribution in [0.3, 0.4) is 0 Å². The second-order valence-corrected chi connectivity index (χ2v) is 8.81. The van der Waals surface area contributed by atoms with Gasteiger partial charge in [-0.25, -0.2) is 9.78 Å². The van der Waals surface area contributed by atoms with Gasteiger partial charge >= 0.3 is 11.9 Å². The van der Waals surface area contributed by atoms with E-state index in [1.165, 1.54) is 70.2 Å². The van der Waals surface area contributed by atoms with E-state index in [2.05, 4.69) is 16.6 Å². The number of methoxy groups -OCH3 is 1. The maximum atomic E-state index is 11.9. The second kappa shape index (κ2) is 16.2. The molecule has 1 rings (SSSR count). The average molecular weight is 443 g/mol. The summed E-state index contributed by atoms with van der Waals surface area (Å²) in [5, 5.41) is 18.6. The smallest absolute Gasteiger partial charge is 0.336 e. The number of esters is 1. The van der Waals surface area contributed by atoms with E-state index >= 15 is 0 Å². The minimum absolute atomic E-state index is 0.0474. The van der Waals surface area contributed by atoms with Crippen LogP contribution in [0.1, 0.15) is 88.6 Å². The van der Waals surface area contributed by atoms with Gasteiger partial charge in [0.05, 0.1) is 18.8 Å². The van der Waals surface area contributed by atoms with E-state index in [4.69, 9.17) is 5.11 Å². The molecule has 0 spiro atoms. The highest BCUT2D eigenvalue weighted by atomic mass is 32.2. The summed E-state index contributed by atoms with van der Waals surface area (Å²) in [6, 6.07) is 0. The fourth-order valence-electron chi connectivity index (χ4n) is 3.36. The predicted molar refractivity (Wildman–Crippen MR) is 120 cm³/mol. The van der Waals surface area contributed by atoms with E-state index in [0.29, 0.717) is 5.82 Å². The molecular formula is C22H38N2O5S. The topological polar surface area (TPSA) is 102 Å². The Morgan fingerprint density at radius 2 is 1.70 bits per heavy atom. The number of carbonyl (C=O) groups is 2. The Balaban J connectivity index is 2.48. The van der Waals surface area contributed by atoms with Crippen LogP contribution in [0.15, 0.2) is 12.4 Å². The highest BCUT2D eigenvalue weighted by Crippen LogP contribution is 2.32. The Morgan fingerprint density at radius 1 is 1.10 bits per heavy atom. The summed E-state index contributed by atoms with van der Waals surface area (Å²) < 4.78 is 6.62. The van der Waals surface area contributed by atoms with Crippen LogP contribution in [0.25, 0.3) is 0 Å². The summed E-state index contributed by atoms with van der Waals surface area (Å²) >= 11 is 1.22. The summed E-state index contributed by atoms with van der Waals surface area (Å²) in [7, 11) is 1.22. The van der Waals surface area contributed by atoms with Crippen molar-refractivity contribution in [3.8, 4) is 0 Å². The van der Waals surface area contributed by atoms with Crippen molar-refractivity contribution >= 4 is 23.7 Å². The molecule has 0 aliphatic carbocycles. The Kier molecular flexibility index (Phi) is 14.3. The van der Waals surface area contributed by atoms with Crippen LogP contribution < -0.4 is 0 Å². The van der Waals surface area contributed by atoms with Crippen LogP contribution in [0, 0.1) is 0 Å². The molecule has 0 bridgehead atoms. The lowest BCUT2D eigenvalue weighted by Gasteiger charge is -2.21. The highest BCUT2D eigenvalue weighted by molar-refractivity contribution is 7.99. The van der Waals surface area contributed by atoms with Crippen LogP contribution in [0.2, 0.25) is 0 Å². The van der Waals surface area contributed by atoms with Crippen molar-refractivity contribution in [1.29, 1.82) is 0 Å². The molecule has 0 radical (unpaired) electrons. The number of unbranched alkanes of at least 4 members (excludes halogenated alkanes) is 9. The molecule has 0 aliphatic rings. The van der Waals surface area contributed by atoms with E-state index in [-0.39, 0.29) is 12.2 Å². The zero-order chi connectivity index (χ0) is 22.2. The first kappa shape index (κ1) is 26.5. The number of thioether (sulfide) groups is 1. The van der Waals surface area contributed by atoms with Crippen molar-refractivity contribution in [2.45, 2.75) is 95.5 Å². The molecule has 30 heavy (non-hydrogen) atoms. The van der Waals surface area contributed by atoms with Crippen LogP contribution in [-0.4, -0.2) is 50.7 Å². The second-order valence-electron chi connectivity index (χ2n) is 7.56. The number of nitrogens with zero attached hydrogens (tertiary/aromatic N) is 2. The quantitative estimate of drug-likeness (QED) is 0.253. The largest absolute Gasteiger partial charge is 0.481 e.